The first-order valence-electron chi connectivity index (χ1n) is 9.78. The molecule has 0 bridgehead atoms. The van der Waals surface area contributed by atoms with Gasteiger partial charge in [-0.25, -0.2) is 8.42 Å². The summed E-state index contributed by atoms with van der Waals surface area (Å²) >= 11 is 6.28. The van der Waals surface area contributed by atoms with E-state index in [0.717, 1.165) is 25.4 Å². The molecule has 1 aromatic carbocycles. The molecule has 1 saturated heterocycles. The monoisotopic (exact) mass is 412 g/mol. The van der Waals surface area contributed by atoms with Crippen LogP contribution in [0, 0.1) is 11.8 Å². The van der Waals surface area contributed by atoms with E-state index in [1.807, 2.05) is 18.7 Å². The first kappa shape index (κ1) is 20.6. The molecule has 2 atom stereocenters. The predicted molar refractivity (Wildman–Crippen MR) is 108 cm³/mol. The lowest BCUT2D eigenvalue weighted by atomic mass is 9.75. The van der Waals surface area contributed by atoms with Gasteiger partial charge in [-0.1, -0.05) is 30.9 Å². The Balaban J connectivity index is 1.85. The van der Waals surface area contributed by atoms with Crippen molar-refractivity contribution in [2.45, 2.75) is 56.9 Å². The van der Waals surface area contributed by atoms with Gasteiger partial charge in [0.2, 0.25) is 10.0 Å². The third-order valence-electron chi connectivity index (χ3n) is 6.15. The van der Waals surface area contributed by atoms with E-state index < -0.39 is 10.0 Å². The van der Waals surface area contributed by atoms with E-state index in [-0.39, 0.29) is 22.4 Å². The largest absolute Gasteiger partial charge is 0.338 e. The number of fused-ring (bicyclic) bond motifs is 1. The SMILES string of the molecule is CC(C)N(C)S(=O)(=O)c1ccc(Cl)c(C(=O)N2CC[C@H]3CCCC[C@@H]3C2)c1. The molecule has 150 valence electrons. The van der Waals surface area contributed by atoms with E-state index >= 15 is 0 Å². The highest BCUT2D eigenvalue weighted by molar-refractivity contribution is 7.89. The van der Waals surface area contributed by atoms with Gasteiger partial charge < -0.3 is 4.90 Å². The summed E-state index contributed by atoms with van der Waals surface area (Å²) in [6, 6.07) is 4.26. The number of hydrogen-bond acceptors (Lipinski definition) is 3. The summed E-state index contributed by atoms with van der Waals surface area (Å²) in [5.74, 6) is 1.13. The van der Waals surface area contributed by atoms with E-state index in [0.29, 0.717) is 10.9 Å². The smallest absolute Gasteiger partial charge is 0.255 e. The first-order chi connectivity index (χ1) is 12.7. The summed E-state index contributed by atoms with van der Waals surface area (Å²) in [4.78, 5) is 15.1. The molecule has 2 fully saturated rings. The molecule has 0 aromatic heterocycles. The summed E-state index contributed by atoms with van der Waals surface area (Å²) in [7, 11) is -2.11. The zero-order valence-corrected chi connectivity index (χ0v) is 17.9. The van der Waals surface area contributed by atoms with Crippen LogP contribution in [-0.2, 0) is 10.0 Å². The number of amides is 1. The standard InChI is InChI=1S/C20H29ClN2O3S/c1-14(2)22(3)27(25,26)17-8-9-19(21)18(12-17)20(24)23-11-10-15-6-4-5-7-16(15)13-23/h8-9,12,14-16H,4-7,10-11,13H2,1-3H3/t15-,16-/m1/s1. The average Bonchev–Trinajstić information content (AvgIpc) is 2.66. The number of halogens is 1. The highest BCUT2D eigenvalue weighted by Gasteiger charge is 2.34. The normalized spacial score (nSPS) is 23.6. The number of carbonyl (C=O) groups is 1. The molecule has 27 heavy (non-hydrogen) atoms. The average molecular weight is 413 g/mol. The van der Waals surface area contributed by atoms with Crippen molar-refractivity contribution in [1.29, 1.82) is 0 Å². The van der Waals surface area contributed by atoms with E-state index in [1.165, 1.54) is 48.2 Å². The summed E-state index contributed by atoms with van der Waals surface area (Å²) in [6.45, 7) is 5.10. The van der Waals surface area contributed by atoms with Crippen molar-refractivity contribution in [1.82, 2.24) is 9.21 Å². The van der Waals surface area contributed by atoms with E-state index in [9.17, 15) is 13.2 Å². The summed E-state index contributed by atoms with van der Waals surface area (Å²) in [5.41, 5.74) is 0.282. The van der Waals surface area contributed by atoms with Crippen molar-refractivity contribution in [2.24, 2.45) is 11.8 Å². The minimum Gasteiger partial charge on any atom is -0.338 e. The predicted octanol–water partition coefficient (Wildman–Crippen LogP) is 4.02. The number of sulfonamides is 1. The fraction of sp³-hybridized carbons (Fsp3) is 0.650. The van der Waals surface area contributed by atoms with Gasteiger partial charge in [0.05, 0.1) is 15.5 Å². The highest BCUT2D eigenvalue weighted by atomic mass is 35.5. The number of piperidine rings is 1. The molecular formula is C20H29ClN2O3S. The highest BCUT2D eigenvalue weighted by Crippen LogP contribution is 2.37. The third kappa shape index (κ3) is 4.17. The van der Waals surface area contributed by atoms with Gasteiger partial charge in [0.1, 0.15) is 0 Å². The van der Waals surface area contributed by atoms with Crippen LogP contribution in [0.3, 0.4) is 0 Å². The van der Waals surface area contributed by atoms with Gasteiger partial charge in [-0.15, -0.1) is 0 Å². The van der Waals surface area contributed by atoms with E-state index in [2.05, 4.69) is 0 Å². The van der Waals surface area contributed by atoms with Crippen LogP contribution >= 0.6 is 11.6 Å². The Bertz CT molecular complexity index is 809. The molecule has 0 spiro atoms. The van der Waals surface area contributed by atoms with Gasteiger partial charge in [-0.3, -0.25) is 4.79 Å². The number of carbonyl (C=O) groups excluding carboxylic acids is 1. The minimum atomic E-state index is -3.66. The topological polar surface area (TPSA) is 57.7 Å². The number of likely N-dealkylation sites (tertiary alicyclic amines) is 1. The molecule has 1 heterocycles. The second-order valence-corrected chi connectivity index (χ2v) is 10.5. The van der Waals surface area contributed by atoms with Crippen LogP contribution in [0.1, 0.15) is 56.3 Å². The van der Waals surface area contributed by atoms with Crippen LogP contribution in [0.4, 0.5) is 0 Å². The molecule has 1 amide bonds. The molecule has 1 aromatic rings. The van der Waals surface area contributed by atoms with Crippen LogP contribution < -0.4 is 0 Å². The number of hydrogen-bond donors (Lipinski definition) is 0. The van der Waals surface area contributed by atoms with Gasteiger partial charge in [-0.05, 0) is 56.7 Å². The fourth-order valence-corrected chi connectivity index (χ4v) is 5.82. The molecule has 0 unspecified atom stereocenters. The lowest BCUT2D eigenvalue weighted by Crippen LogP contribution is -2.44. The van der Waals surface area contributed by atoms with Crippen molar-refractivity contribution in [3.05, 3.63) is 28.8 Å². The maximum atomic E-state index is 13.1. The Morgan fingerprint density at radius 2 is 1.85 bits per heavy atom. The van der Waals surface area contributed by atoms with Crippen LogP contribution in [0.25, 0.3) is 0 Å². The Morgan fingerprint density at radius 3 is 2.52 bits per heavy atom. The molecule has 1 aliphatic heterocycles. The fourth-order valence-electron chi connectivity index (χ4n) is 4.23. The zero-order chi connectivity index (χ0) is 19.8. The summed E-state index contributed by atoms with van der Waals surface area (Å²) in [5, 5.41) is 0.303. The lowest BCUT2D eigenvalue weighted by Gasteiger charge is -2.41. The molecule has 5 nitrogen and oxygen atoms in total. The number of rotatable bonds is 4. The zero-order valence-electron chi connectivity index (χ0n) is 16.3. The Kier molecular flexibility index (Phi) is 6.18. The second kappa shape index (κ2) is 8.10. The molecule has 2 aliphatic rings. The Morgan fingerprint density at radius 1 is 1.19 bits per heavy atom. The van der Waals surface area contributed by atoms with Crippen molar-refractivity contribution < 1.29 is 13.2 Å². The first-order valence-corrected chi connectivity index (χ1v) is 11.6. The summed E-state index contributed by atoms with van der Waals surface area (Å²) in [6.07, 6.45) is 6.00. The van der Waals surface area contributed by atoms with Crippen molar-refractivity contribution in [3.63, 3.8) is 0 Å². The summed E-state index contributed by atoms with van der Waals surface area (Å²) < 4.78 is 26.9. The quantitative estimate of drug-likeness (QED) is 0.750. The molecule has 1 saturated carbocycles. The van der Waals surface area contributed by atoms with E-state index in [1.54, 1.807) is 7.05 Å². The lowest BCUT2D eigenvalue weighted by molar-refractivity contribution is 0.0521. The van der Waals surface area contributed by atoms with Gasteiger partial charge in [0.15, 0.2) is 0 Å². The number of benzene rings is 1. The minimum absolute atomic E-state index is 0.110. The Hall–Kier alpha value is -1.11. The molecule has 0 radical (unpaired) electrons. The van der Waals surface area contributed by atoms with Crippen LogP contribution in [-0.4, -0.2) is 49.7 Å². The molecule has 0 N–H and O–H groups in total. The number of nitrogens with zero attached hydrogens (tertiary/aromatic N) is 2. The van der Waals surface area contributed by atoms with Gasteiger partial charge in [0.25, 0.3) is 5.91 Å². The van der Waals surface area contributed by atoms with Gasteiger partial charge >= 0.3 is 0 Å². The van der Waals surface area contributed by atoms with Crippen LogP contribution in [0.5, 0.6) is 0 Å². The molecule has 1 aliphatic carbocycles. The van der Waals surface area contributed by atoms with Gasteiger partial charge in [0, 0.05) is 26.2 Å². The molecular weight excluding hydrogens is 384 g/mol. The van der Waals surface area contributed by atoms with Crippen LogP contribution in [0.2, 0.25) is 5.02 Å². The van der Waals surface area contributed by atoms with Crippen molar-refractivity contribution in [3.8, 4) is 0 Å². The Labute approximate surface area is 167 Å². The van der Waals surface area contributed by atoms with Crippen LogP contribution in [0.15, 0.2) is 23.1 Å². The van der Waals surface area contributed by atoms with Crippen molar-refractivity contribution >= 4 is 27.5 Å². The third-order valence-corrected chi connectivity index (χ3v) is 8.51. The molecule has 3 rings (SSSR count). The second-order valence-electron chi connectivity index (χ2n) is 8.10. The van der Waals surface area contributed by atoms with E-state index in [4.69, 9.17) is 11.6 Å². The maximum absolute atomic E-state index is 13.1. The maximum Gasteiger partial charge on any atom is 0.255 e. The van der Waals surface area contributed by atoms with Gasteiger partial charge in [-0.2, -0.15) is 4.31 Å². The molecule has 7 heteroatoms. The van der Waals surface area contributed by atoms with Crippen molar-refractivity contribution in [2.75, 3.05) is 20.1 Å².